The van der Waals surface area contributed by atoms with Gasteiger partial charge in [0.2, 0.25) is 0 Å². The number of imidazole rings is 1. The Labute approximate surface area is 117 Å². The maximum atomic E-state index is 5.39. The molecular weight excluding hydrogens is 238 g/mol. The van der Waals surface area contributed by atoms with Crippen molar-refractivity contribution in [1.29, 1.82) is 0 Å². The highest BCUT2D eigenvalue weighted by molar-refractivity contribution is 4.96. The van der Waals surface area contributed by atoms with Crippen molar-refractivity contribution in [3.63, 3.8) is 0 Å². The lowest BCUT2D eigenvalue weighted by Gasteiger charge is -2.21. The van der Waals surface area contributed by atoms with Crippen LogP contribution in [0.3, 0.4) is 0 Å². The van der Waals surface area contributed by atoms with E-state index < -0.39 is 0 Å². The van der Waals surface area contributed by atoms with Crippen LogP contribution in [0.5, 0.6) is 0 Å². The molecule has 0 aromatic carbocycles. The standard InChI is InChI=1S/C15H29N3O/c1-5-7-16-14(11-13(3)19-4)12-15-17-8-10-18(15)9-6-2/h8,10,13-14,16H,5-7,9,11-12H2,1-4H3. The minimum atomic E-state index is 0.281. The van der Waals surface area contributed by atoms with Crippen molar-refractivity contribution in [2.45, 2.75) is 65.1 Å². The summed E-state index contributed by atoms with van der Waals surface area (Å²) in [6.45, 7) is 8.62. The van der Waals surface area contributed by atoms with E-state index >= 15 is 0 Å². The van der Waals surface area contributed by atoms with Gasteiger partial charge in [-0.3, -0.25) is 0 Å². The Morgan fingerprint density at radius 3 is 2.79 bits per heavy atom. The molecule has 0 amide bonds. The minimum absolute atomic E-state index is 0.281. The number of hydrogen-bond donors (Lipinski definition) is 1. The average molecular weight is 267 g/mol. The van der Waals surface area contributed by atoms with Gasteiger partial charge in [0, 0.05) is 38.5 Å². The largest absolute Gasteiger partial charge is 0.382 e. The second kappa shape index (κ2) is 9.10. The lowest BCUT2D eigenvalue weighted by Crippen LogP contribution is -2.35. The van der Waals surface area contributed by atoms with Crippen LogP contribution < -0.4 is 5.32 Å². The highest BCUT2D eigenvalue weighted by atomic mass is 16.5. The third-order valence-corrected chi connectivity index (χ3v) is 3.40. The molecule has 19 heavy (non-hydrogen) atoms. The zero-order chi connectivity index (χ0) is 14.1. The highest BCUT2D eigenvalue weighted by Gasteiger charge is 2.15. The smallest absolute Gasteiger partial charge is 0.110 e. The van der Waals surface area contributed by atoms with Gasteiger partial charge < -0.3 is 14.6 Å². The summed E-state index contributed by atoms with van der Waals surface area (Å²) in [6.07, 6.45) is 8.56. The zero-order valence-electron chi connectivity index (χ0n) is 12.9. The predicted molar refractivity (Wildman–Crippen MR) is 79.4 cm³/mol. The Bertz CT molecular complexity index is 338. The number of methoxy groups -OCH3 is 1. The number of ether oxygens (including phenoxy) is 1. The third-order valence-electron chi connectivity index (χ3n) is 3.40. The van der Waals surface area contributed by atoms with E-state index in [1.807, 2.05) is 6.20 Å². The van der Waals surface area contributed by atoms with Crippen molar-refractivity contribution in [2.24, 2.45) is 0 Å². The summed E-state index contributed by atoms with van der Waals surface area (Å²) in [5.74, 6) is 1.18. The fourth-order valence-electron chi connectivity index (χ4n) is 2.28. The molecule has 1 N–H and O–H groups in total. The van der Waals surface area contributed by atoms with E-state index in [1.54, 1.807) is 7.11 Å². The van der Waals surface area contributed by atoms with Crippen molar-refractivity contribution in [1.82, 2.24) is 14.9 Å². The first-order chi connectivity index (χ1) is 9.21. The normalized spacial score (nSPS) is 14.5. The van der Waals surface area contributed by atoms with E-state index in [-0.39, 0.29) is 6.10 Å². The fourth-order valence-corrected chi connectivity index (χ4v) is 2.28. The molecule has 1 rings (SSSR count). The summed E-state index contributed by atoms with van der Waals surface area (Å²) < 4.78 is 7.65. The van der Waals surface area contributed by atoms with Gasteiger partial charge in [-0.25, -0.2) is 4.98 Å². The lowest BCUT2D eigenvalue weighted by atomic mass is 10.1. The van der Waals surface area contributed by atoms with E-state index in [9.17, 15) is 0 Å². The number of aryl methyl sites for hydroxylation is 1. The lowest BCUT2D eigenvalue weighted by molar-refractivity contribution is 0.1000. The average Bonchev–Trinajstić information content (AvgIpc) is 2.83. The molecule has 0 spiro atoms. The third kappa shape index (κ3) is 5.74. The van der Waals surface area contributed by atoms with Crippen LogP contribution in [0, 0.1) is 0 Å². The summed E-state index contributed by atoms with van der Waals surface area (Å²) in [6, 6.07) is 0.438. The summed E-state index contributed by atoms with van der Waals surface area (Å²) in [7, 11) is 1.78. The molecule has 0 bridgehead atoms. The monoisotopic (exact) mass is 267 g/mol. The van der Waals surface area contributed by atoms with Crippen LogP contribution in [0.15, 0.2) is 12.4 Å². The SMILES string of the molecule is CCCNC(Cc1nccn1CCC)CC(C)OC. The van der Waals surface area contributed by atoms with Gasteiger partial charge in [-0.1, -0.05) is 13.8 Å². The molecule has 0 radical (unpaired) electrons. The van der Waals surface area contributed by atoms with Crippen LogP contribution in [0.2, 0.25) is 0 Å². The molecule has 1 heterocycles. The molecule has 1 aromatic heterocycles. The van der Waals surface area contributed by atoms with Crippen LogP contribution in [-0.2, 0) is 17.7 Å². The fraction of sp³-hybridized carbons (Fsp3) is 0.800. The second-order valence-electron chi connectivity index (χ2n) is 5.17. The molecular formula is C15H29N3O. The van der Waals surface area contributed by atoms with Gasteiger partial charge in [0.1, 0.15) is 5.82 Å². The molecule has 0 saturated carbocycles. The van der Waals surface area contributed by atoms with E-state index in [0.29, 0.717) is 6.04 Å². The van der Waals surface area contributed by atoms with Gasteiger partial charge in [0.25, 0.3) is 0 Å². The molecule has 110 valence electrons. The Morgan fingerprint density at radius 2 is 2.16 bits per heavy atom. The Kier molecular flexibility index (Phi) is 7.75. The van der Waals surface area contributed by atoms with E-state index in [0.717, 1.165) is 38.8 Å². The minimum Gasteiger partial charge on any atom is -0.382 e. The summed E-state index contributed by atoms with van der Waals surface area (Å²) in [4.78, 5) is 4.50. The molecule has 4 nitrogen and oxygen atoms in total. The first kappa shape index (κ1) is 16.2. The maximum absolute atomic E-state index is 5.39. The van der Waals surface area contributed by atoms with Gasteiger partial charge in [-0.05, 0) is 32.7 Å². The van der Waals surface area contributed by atoms with Crippen molar-refractivity contribution >= 4 is 0 Å². The molecule has 2 unspecified atom stereocenters. The van der Waals surface area contributed by atoms with Gasteiger partial charge in [0.15, 0.2) is 0 Å². The van der Waals surface area contributed by atoms with Gasteiger partial charge in [0.05, 0.1) is 6.10 Å². The molecule has 0 fully saturated rings. The van der Waals surface area contributed by atoms with Gasteiger partial charge in [-0.2, -0.15) is 0 Å². The molecule has 4 heteroatoms. The molecule has 0 aliphatic heterocycles. The molecule has 0 aliphatic carbocycles. The quantitative estimate of drug-likeness (QED) is 0.708. The summed E-state index contributed by atoms with van der Waals surface area (Å²) >= 11 is 0. The Balaban J connectivity index is 2.61. The van der Waals surface area contributed by atoms with E-state index in [1.165, 1.54) is 5.82 Å². The summed E-state index contributed by atoms with van der Waals surface area (Å²) in [5, 5.41) is 3.61. The van der Waals surface area contributed by atoms with Crippen LogP contribution in [-0.4, -0.2) is 35.4 Å². The van der Waals surface area contributed by atoms with Crippen LogP contribution >= 0.6 is 0 Å². The molecule has 0 saturated heterocycles. The first-order valence-electron chi connectivity index (χ1n) is 7.47. The van der Waals surface area contributed by atoms with Crippen molar-refractivity contribution in [2.75, 3.05) is 13.7 Å². The Hall–Kier alpha value is -0.870. The van der Waals surface area contributed by atoms with Gasteiger partial charge >= 0.3 is 0 Å². The van der Waals surface area contributed by atoms with E-state index in [2.05, 4.69) is 41.8 Å². The van der Waals surface area contributed by atoms with Crippen molar-refractivity contribution < 1.29 is 4.74 Å². The van der Waals surface area contributed by atoms with E-state index in [4.69, 9.17) is 4.74 Å². The first-order valence-corrected chi connectivity index (χ1v) is 7.47. The second-order valence-corrected chi connectivity index (χ2v) is 5.17. The number of nitrogens with zero attached hydrogens (tertiary/aromatic N) is 2. The number of rotatable bonds is 10. The number of aromatic nitrogens is 2. The molecule has 2 atom stereocenters. The van der Waals surface area contributed by atoms with Crippen LogP contribution in [0.4, 0.5) is 0 Å². The van der Waals surface area contributed by atoms with Gasteiger partial charge in [-0.15, -0.1) is 0 Å². The maximum Gasteiger partial charge on any atom is 0.110 e. The Morgan fingerprint density at radius 1 is 1.37 bits per heavy atom. The summed E-state index contributed by atoms with van der Waals surface area (Å²) in [5.41, 5.74) is 0. The van der Waals surface area contributed by atoms with Crippen molar-refractivity contribution in [3.8, 4) is 0 Å². The number of nitrogens with one attached hydrogen (secondary N) is 1. The van der Waals surface area contributed by atoms with Crippen LogP contribution in [0.1, 0.15) is 45.9 Å². The topological polar surface area (TPSA) is 39.1 Å². The van der Waals surface area contributed by atoms with Crippen LogP contribution in [0.25, 0.3) is 0 Å². The zero-order valence-corrected chi connectivity index (χ0v) is 12.9. The highest BCUT2D eigenvalue weighted by Crippen LogP contribution is 2.09. The number of hydrogen-bond acceptors (Lipinski definition) is 3. The predicted octanol–water partition coefficient (Wildman–Crippen LogP) is 2.63. The molecule has 0 aliphatic rings. The van der Waals surface area contributed by atoms with Crippen molar-refractivity contribution in [3.05, 3.63) is 18.2 Å². The molecule has 1 aromatic rings.